The maximum absolute atomic E-state index is 10.2. The molecule has 2 aromatic rings. The van der Waals surface area contributed by atoms with Gasteiger partial charge in [0, 0.05) is 12.0 Å². The molecule has 2 N–H and O–H groups in total. The van der Waals surface area contributed by atoms with Crippen LogP contribution >= 0.6 is 0 Å². The number of aromatic hydroxyl groups is 1. The largest absolute Gasteiger partial charge is 0.507 e. The van der Waals surface area contributed by atoms with Crippen molar-refractivity contribution in [3.8, 4) is 5.75 Å². The van der Waals surface area contributed by atoms with Crippen molar-refractivity contribution in [1.82, 2.24) is 0 Å². The van der Waals surface area contributed by atoms with E-state index in [9.17, 15) is 10.3 Å². The molecule has 0 atom stereocenters. The van der Waals surface area contributed by atoms with Crippen molar-refractivity contribution >= 4 is 5.71 Å². The van der Waals surface area contributed by atoms with Gasteiger partial charge in [-0.2, -0.15) is 0 Å². The Labute approximate surface area is 157 Å². The van der Waals surface area contributed by atoms with Crippen molar-refractivity contribution in [3.63, 3.8) is 0 Å². The molecule has 0 aliphatic heterocycles. The molecule has 0 aliphatic carbocycles. The lowest BCUT2D eigenvalue weighted by atomic mass is 9.97. The zero-order valence-corrected chi connectivity index (χ0v) is 15.8. The van der Waals surface area contributed by atoms with E-state index in [1.165, 1.54) is 44.1 Å². The monoisotopic (exact) mass is 353 g/mol. The second kappa shape index (κ2) is 11.3. The first-order valence-corrected chi connectivity index (χ1v) is 9.81. The van der Waals surface area contributed by atoms with E-state index in [1.807, 2.05) is 42.5 Å². The first-order valence-electron chi connectivity index (χ1n) is 9.81. The van der Waals surface area contributed by atoms with Crippen LogP contribution in [-0.4, -0.2) is 16.0 Å². The van der Waals surface area contributed by atoms with Gasteiger partial charge in [-0.1, -0.05) is 87.0 Å². The van der Waals surface area contributed by atoms with Crippen LogP contribution in [0.4, 0.5) is 0 Å². The van der Waals surface area contributed by atoms with Gasteiger partial charge in [0.2, 0.25) is 0 Å². The summed E-state index contributed by atoms with van der Waals surface area (Å²) < 4.78 is 0. The third-order valence-corrected chi connectivity index (χ3v) is 4.78. The second-order valence-corrected chi connectivity index (χ2v) is 6.93. The Kier molecular flexibility index (Phi) is 8.74. The van der Waals surface area contributed by atoms with Crippen molar-refractivity contribution in [2.75, 3.05) is 0 Å². The average molecular weight is 354 g/mol. The van der Waals surface area contributed by atoms with Gasteiger partial charge < -0.3 is 10.3 Å². The fourth-order valence-electron chi connectivity index (χ4n) is 3.23. The van der Waals surface area contributed by atoms with E-state index in [0.29, 0.717) is 17.7 Å². The summed E-state index contributed by atoms with van der Waals surface area (Å²) in [6.45, 7) is 2.24. The molecular formula is C23H31NO2. The van der Waals surface area contributed by atoms with Crippen LogP contribution in [0.2, 0.25) is 0 Å². The molecule has 3 heteroatoms. The van der Waals surface area contributed by atoms with Crippen molar-refractivity contribution in [2.45, 2.75) is 64.7 Å². The van der Waals surface area contributed by atoms with E-state index in [0.717, 1.165) is 18.4 Å². The zero-order chi connectivity index (χ0) is 18.6. The van der Waals surface area contributed by atoms with Crippen LogP contribution in [0.5, 0.6) is 5.75 Å². The highest BCUT2D eigenvalue weighted by Gasteiger charge is 2.12. The second-order valence-electron chi connectivity index (χ2n) is 6.93. The summed E-state index contributed by atoms with van der Waals surface area (Å²) in [6, 6.07) is 15.5. The molecule has 2 aromatic carbocycles. The third kappa shape index (κ3) is 6.55. The van der Waals surface area contributed by atoms with Crippen LogP contribution < -0.4 is 0 Å². The Hall–Kier alpha value is -2.29. The molecule has 2 rings (SSSR count). The quantitative estimate of drug-likeness (QED) is 0.222. The highest BCUT2D eigenvalue weighted by atomic mass is 16.4. The molecule has 0 fully saturated rings. The minimum atomic E-state index is 0.164. The highest BCUT2D eigenvalue weighted by Crippen LogP contribution is 2.22. The van der Waals surface area contributed by atoms with Gasteiger partial charge in [0.15, 0.2) is 0 Å². The fraction of sp³-hybridized carbons (Fsp3) is 0.435. The molecule has 0 unspecified atom stereocenters. The molecule has 140 valence electrons. The van der Waals surface area contributed by atoms with Crippen molar-refractivity contribution in [1.29, 1.82) is 0 Å². The molecule has 0 saturated carbocycles. The molecule has 0 radical (unpaired) electrons. The Bertz CT molecular complexity index is 680. The van der Waals surface area contributed by atoms with Crippen LogP contribution in [0.1, 0.15) is 68.6 Å². The van der Waals surface area contributed by atoms with E-state index >= 15 is 0 Å². The number of hydrogen-bond donors (Lipinski definition) is 2. The number of unbranched alkanes of at least 4 members (excludes halogenated alkanes) is 6. The molecule has 0 amide bonds. The smallest absolute Gasteiger partial charge is 0.124 e. The maximum Gasteiger partial charge on any atom is 0.124 e. The van der Waals surface area contributed by atoms with E-state index in [4.69, 9.17) is 0 Å². The Morgan fingerprint density at radius 3 is 2.23 bits per heavy atom. The third-order valence-electron chi connectivity index (χ3n) is 4.78. The summed E-state index contributed by atoms with van der Waals surface area (Å²) in [5.41, 5.74) is 3.35. The van der Waals surface area contributed by atoms with E-state index in [-0.39, 0.29) is 5.75 Å². The predicted octanol–water partition coefficient (Wildman–Crippen LogP) is 6.11. The van der Waals surface area contributed by atoms with E-state index in [2.05, 4.69) is 12.1 Å². The number of benzene rings is 2. The molecule has 0 spiro atoms. The van der Waals surface area contributed by atoms with Gasteiger partial charge in [-0.25, -0.2) is 0 Å². The standard InChI is InChI=1S/C23H31NO2/c1-2-3-4-5-6-7-9-14-20-15-16-23(25)21(17-20)22(24-26)18-19-12-10-8-11-13-19/h8,10-13,15-17,25-26H,2-7,9,14,18H2,1H3/b24-22-. The lowest BCUT2D eigenvalue weighted by Crippen LogP contribution is -2.06. The number of aryl methyl sites for hydroxylation is 1. The zero-order valence-electron chi connectivity index (χ0n) is 15.8. The molecule has 0 bridgehead atoms. The molecule has 0 heterocycles. The molecule has 3 nitrogen and oxygen atoms in total. The molecular weight excluding hydrogens is 322 g/mol. The predicted molar refractivity (Wildman–Crippen MR) is 108 cm³/mol. The summed E-state index contributed by atoms with van der Waals surface area (Å²) in [4.78, 5) is 0. The van der Waals surface area contributed by atoms with Gasteiger partial charge in [0.1, 0.15) is 5.75 Å². The number of oxime groups is 1. The lowest BCUT2D eigenvalue weighted by molar-refractivity contribution is 0.318. The molecule has 0 saturated heterocycles. The number of phenolic OH excluding ortho intramolecular Hbond substituents is 1. The van der Waals surface area contributed by atoms with Crippen molar-refractivity contribution in [2.24, 2.45) is 5.16 Å². The summed E-state index contributed by atoms with van der Waals surface area (Å²) >= 11 is 0. The Balaban J connectivity index is 1.93. The number of phenols is 1. The lowest BCUT2D eigenvalue weighted by Gasteiger charge is -2.10. The summed E-state index contributed by atoms with van der Waals surface area (Å²) in [5, 5.41) is 23.1. The number of hydrogen-bond acceptors (Lipinski definition) is 3. The van der Waals surface area contributed by atoms with Crippen LogP contribution in [-0.2, 0) is 12.8 Å². The van der Waals surface area contributed by atoms with Crippen LogP contribution in [0.25, 0.3) is 0 Å². The van der Waals surface area contributed by atoms with Gasteiger partial charge >= 0.3 is 0 Å². The van der Waals surface area contributed by atoms with Crippen molar-refractivity contribution in [3.05, 3.63) is 65.2 Å². The first kappa shape index (κ1) is 20.0. The van der Waals surface area contributed by atoms with Gasteiger partial charge in [0.05, 0.1) is 5.71 Å². The Morgan fingerprint density at radius 2 is 1.54 bits per heavy atom. The average Bonchev–Trinajstić information content (AvgIpc) is 2.67. The normalized spacial score (nSPS) is 11.7. The Morgan fingerprint density at radius 1 is 0.846 bits per heavy atom. The SMILES string of the molecule is CCCCCCCCCc1ccc(O)c(/C(Cc2ccccc2)=N\O)c1. The van der Waals surface area contributed by atoms with E-state index < -0.39 is 0 Å². The van der Waals surface area contributed by atoms with Crippen molar-refractivity contribution < 1.29 is 10.3 Å². The molecule has 26 heavy (non-hydrogen) atoms. The van der Waals surface area contributed by atoms with Crippen LogP contribution in [0.15, 0.2) is 53.7 Å². The minimum Gasteiger partial charge on any atom is -0.507 e. The van der Waals surface area contributed by atoms with Gasteiger partial charge in [-0.15, -0.1) is 0 Å². The summed E-state index contributed by atoms with van der Waals surface area (Å²) in [6.07, 6.45) is 10.5. The number of rotatable bonds is 11. The van der Waals surface area contributed by atoms with Gasteiger partial charge in [0.25, 0.3) is 0 Å². The topological polar surface area (TPSA) is 52.8 Å². The molecule has 0 aliphatic rings. The van der Waals surface area contributed by atoms with E-state index in [1.54, 1.807) is 6.07 Å². The minimum absolute atomic E-state index is 0.164. The molecule has 0 aromatic heterocycles. The first-order chi connectivity index (χ1) is 12.7. The maximum atomic E-state index is 10.2. The highest BCUT2D eigenvalue weighted by molar-refractivity contribution is 6.03. The summed E-state index contributed by atoms with van der Waals surface area (Å²) in [7, 11) is 0. The number of nitrogens with zero attached hydrogens (tertiary/aromatic N) is 1. The fourth-order valence-corrected chi connectivity index (χ4v) is 3.23. The van der Waals surface area contributed by atoms with Crippen LogP contribution in [0, 0.1) is 0 Å². The van der Waals surface area contributed by atoms with Gasteiger partial charge in [-0.05, 0) is 36.1 Å². The van der Waals surface area contributed by atoms with Crippen LogP contribution in [0.3, 0.4) is 0 Å². The summed E-state index contributed by atoms with van der Waals surface area (Å²) in [5.74, 6) is 0.164. The van der Waals surface area contributed by atoms with Gasteiger partial charge in [-0.3, -0.25) is 0 Å².